The first-order valence-electron chi connectivity index (χ1n) is 8.03. The van der Waals surface area contributed by atoms with Crippen LogP contribution in [0.25, 0.3) is 0 Å². The highest BCUT2D eigenvalue weighted by Gasteiger charge is 2.08. The Morgan fingerprint density at radius 1 is 1.29 bits per heavy atom. The number of aliphatic imine (C=N–C) groups is 1. The van der Waals surface area contributed by atoms with Crippen molar-refractivity contribution in [2.24, 2.45) is 12.0 Å². The van der Waals surface area contributed by atoms with E-state index in [1.807, 2.05) is 20.9 Å². The van der Waals surface area contributed by atoms with Crippen molar-refractivity contribution in [3.05, 3.63) is 41.5 Å². The monoisotopic (exact) mass is 330 g/mol. The van der Waals surface area contributed by atoms with Crippen LogP contribution < -0.4 is 15.4 Å². The number of hydrogen-bond acceptors (Lipinski definition) is 4. The molecule has 0 aliphatic rings. The van der Waals surface area contributed by atoms with Crippen molar-refractivity contribution in [2.45, 2.75) is 40.0 Å². The molecule has 2 rings (SSSR count). The molecular formula is C17H26N6O. The van der Waals surface area contributed by atoms with Crippen LogP contribution in [0.15, 0.2) is 29.5 Å². The summed E-state index contributed by atoms with van der Waals surface area (Å²) < 4.78 is 7.64. The zero-order chi connectivity index (χ0) is 17.5. The minimum Gasteiger partial charge on any atom is -0.491 e. The minimum atomic E-state index is 0.138. The van der Waals surface area contributed by atoms with Crippen LogP contribution in [0.1, 0.15) is 30.8 Å². The Kier molecular flexibility index (Phi) is 6.17. The van der Waals surface area contributed by atoms with E-state index in [-0.39, 0.29) is 6.10 Å². The van der Waals surface area contributed by atoms with Crippen LogP contribution in [0.2, 0.25) is 0 Å². The number of benzene rings is 1. The van der Waals surface area contributed by atoms with E-state index in [0.717, 1.165) is 17.1 Å². The van der Waals surface area contributed by atoms with E-state index in [9.17, 15) is 0 Å². The summed E-state index contributed by atoms with van der Waals surface area (Å²) in [5, 5.41) is 10.6. The lowest BCUT2D eigenvalue weighted by Crippen LogP contribution is -2.37. The Labute approximate surface area is 143 Å². The second kappa shape index (κ2) is 8.33. The zero-order valence-electron chi connectivity index (χ0n) is 15.0. The van der Waals surface area contributed by atoms with Gasteiger partial charge >= 0.3 is 0 Å². The molecule has 130 valence electrons. The second-order valence-electron chi connectivity index (χ2n) is 5.86. The van der Waals surface area contributed by atoms with Crippen molar-refractivity contribution >= 4 is 5.96 Å². The van der Waals surface area contributed by atoms with E-state index in [1.54, 1.807) is 11.7 Å². The van der Waals surface area contributed by atoms with Gasteiger partial charge in [-0.1, -0.05) is 12.1 Å². The summed E-state index contributed by atoms with van der Waals surface area (Å²) in [6.07, 6.45) is 1.67. The van der Waals surface area contributed by atoms with Crippen molar-refractivity contribution in [3.63, 3.8) is 0 Å². The molecule has 0 amide bonds. The predicted octanol–water partition coefficient (Wildman–Crippen LogP) is 1.78. The van der Waals surface area contributed by atoms with E-state index in [2.05, 4.69) is 50.8 Å². The summed E-state index contributed by atoms with van der Waals surface area (Å²) in [6, 6.07) is 6.22. The number of nitrogens with zero attached hydrogens (tertiary/aromatic N) is 4. The third-order valence-electron chi connectivity index (χ3n) is 3.47. The number of hydrogen-bond donors (Lipinski definition) is 2. The van der Waals surface area contributed by atoms with E-state index < -0.39 is 0 Å². The maximum Gasteiger partial charge on any atom is 0.191 e. The molecule has 0 fully saturated rings. The molecule has 0 aliphatic heterocycles. The molecule has 1 heterocycles. The molecule has 1 aromatic heterocycles. The molecule has 0 spiro atoms. The summed E-state index contributed by atoms with van der Waals surface area (Å²) in [6.45, 7) is 7.30. The van der Waals surface area contributed by atoms with Crippen LogP contribution in [0.3, 0.4) is 0 Å². The number of ether oxygens (including phenoxy) is 1. The first kappa shape index (κ1) is 17.8. The Morgan fingerprint density at radius 3 is 2.67 bits per heavy atom. The molecule has 0 bridgehead atoms. The quantitative estimate of drug-likeness (QED) is 0.624. The van der Waals surface area contributed by atoms with E-state index in [0.29, 0.717) is 19.0 Å². The molecule has 0 saturated heterocycles. The first-order valence-corrected chi connectivity index (χ1v) is 8.03. The SMILES string of the molecule is CN=C(NCc1ccc(C)cc1OC(C)C)NCc1ncnn1C. The maximum atomic E-state index is 5.90. The maximum absolute atomic E-state index is 5.90. The second-order valence-corrected chi connectivity index (χ2v) is 5.86. The van der Waals surface area contributed by atoms with Gasteiger partial charge in [-0.2, -0.15) is 5.10 Å². The molecule has 7 heteroatoms. The summed E-state index contributed by atoms with van der Waals surface area (Å²) in [5.41, 5.74) is 2.27. The molecule has 2 N–H and O–H groups in total. The molecule has 1 aromatic carbocycles. The molecule has 7 nitrogen and oxygen atoms in total. The number of rotatable bonds is 6. The van der Waals surface area contributed by atoms with Gasteiger partial charge in [0.2, 0.25) is 0 Å². The first-order chi connectivity index (χ1) is 11.5. The topological polar surface area (TPSA) is 76.4 Å². The van der Waals surface area contributed by atoms with Gasteiger partial charge < -0.3 is 15.4 Å². The summed E-state index contributed by atoms with van der Waals surface area (Å²) in [4.78, 5) is 8.42. The Morgan fingerprint density at radius 2 is 2.04 bits per heavy atom. The fraction of sp³-hybridized carbons (Fsp3) is 0.471. The Bertz CT molecular complexity index is 692. The van der Waals surface area contributed by atoms with Gasteiger partial charge in [0.05, 0.1) is 12.6 Å². The highest BCUT2D eigenvalue weighted by Crippen LogP contribution is 2.21. The lowest BCUT2D eigenvalue weighted by molar-refractivity contribution is 0.239. The van der Waals surface area contributed by atoms with Crippen molar-refractivity contribution in [3.8, 4) is 5.75 Å². The van der Waals surface area contributed by atoms with Gasteiger partial charge in [-0.15, -0.1) is 0 Å². The average Bonchev–Trinajstić information content (AvgIpc) is 2.94. The zero-order valence-corrected chi connectivity index (χ0v) is 15.0. The van der Waals surface area contributed by atoms with Crippen LogP contribution in [-0.4, -0.2) is 33.9 Å². The van der Waals surface area contributed by atoms with Gasteiger partial charge in [0.25, 0.3) is 0 Å². The normalized spacial score (nSPS) is 11.7. The van der Waals surface area contributed by atoms with Gasteiger partial charge in [0.1, 0.15) is 17.9 Å². The average molecular weight is 330 g/mol. The molecule has 0 radical (unpaired) electrons. The Balaban J connectivity index is 1.97. The number of aromatic nitrogens is 3. The smallest absolute Gasteiger partial charge is 0.191 e. The van der Waals surface area contributed by atoms with Crippen LogP contribution in [-0.2, 0) is 20.1 Å². The summed E-state index contributed by atoms with van der Waals surface area (Å²) in [7, 11) is 3.61. The van der Waals surface area contributed by atoms with E-state index >= 15 is 0 Å². The van der Waals surface area contributed by atoms with Gasteiger partial charge in [-0.05, 0) is 32.4 Å². The van der Waals surface area contributed by atoms with Crippen LogP contribution >= 0.6 is 0 Å². The molecular weight excluding hydrogens is 304 g/mol. The molecule has 0 unspecified atom stereocenters. The van der Waals surface area contributed by atoms with Gasteiger partial charge in [0, 0.05) is 26.2 Å². The standard InChI is InChI=1S/C17H26N6O/c1-12(2)24-15-8-13(3)6-7-14(15)9-19-17(18-4)20-10-16-21-11-22-23(16)5/h6-8,11-12H,9-10H2,1-5H3,(H2,18,19,20). The summed E-state index contributed by atoms with van der Waals surface area (Å²) >= 11 is 0. The van der Waals surface area contributed by atoms with Gasteiger partial charge in [-0.25, -0.2) is 4.98 Å². The number of nitrogens with one attached hydrogen (secondary N) is 2. The van der Waals surface area contributed by atoms with Crippen LogP contribution in [0.5, 0.6) is 5.75 Å². The highest BCUT2D eigenvalue weighted by atomic mass is 16.5. The molecule has 0 aliphatic carbocycles. The number of aryl methyl sites for hydroxylation is 2. The predicted molar refractivity (Wildman–Crippen MR) is 95.0 cm³/mol. The van der Waals surface area contributed by atoms with Crippen molar-refractivity contribution in [1.29, 1.82) is 0 Å². The fourth-order valence-electron chi connectivity index (χ4n) is 2.21. The molecule has 2 aromatic rings. The van der Waals surface area contributed by atoms with Gasteiger partial charge in [0.15, 0.2) is 5.96 Å². The van der Waals surface area contributed by atoms with Crippen LogP contribution in [0, 0.1) is 6.92 Å². The van der Waals surface area contributed by atoms with Gasteiger partial charge in [-0.3, -0.25) is 9.67 Å². The summed E-state index contributed by atoms with van der Waals surface area (Å²) in [5.74, 6) is 2.45. The largest absolute Gasteiger partial charge is 0.491 e. The number of guanidine groups is 1. The lowest BCUT2D eigenvalue weighted by atomic mass is 10.1. The third-order valence-corrected chi connectivity index (χ3v) is 3.47. The highest BCUT2D eigenvalue weighted by molar-refractivity contribution is 5.79. The van der Waals surface area contributed by atoms with Crippen LogP contribution in [0.4, 0.5) is 0 Å². The van der Waals surface area contributed by atoms with Crippen molar-refractivity contribution in [2.75, 3.05) is 7.05 Å². The third kappa shape index (κ3) is 4.97. The minimum absolute atomic E-state index is 0.138. The lowest BCUT2D eigenvalue weighted by Gasteiger charge is -2.17. The molecule has 24 heavy (non-hydrogen) atoms. The fourth-order valence-corrected chi connectivity index (χ4v) is 2.21. The van der Waals surface area contributed by atoms with Crippen molar-refractivity contribution in [1.82, 2.24) is 25.4 Å². The Hall–Kier alpha value is -2.57. The molecule has 0 saturated carbocycles. The van der Waals surface area contributed by atoms with Crippen molar-refractivity contribution < 1.29 is 4.74 Å². The molecule has 0 atom stereocenters. The van der Waals surface area contributed by atoms with E-state index in [1.165, 1.54) is 11.9 Å². The van der Waals surface area contributed by atoms with E-state index in [4.69, 9.17) is 4.74 Å².